The topological polar surface area (TPSA) is 49.8 Å². The van der Waals surface area contributed by atoms with Crippen molar-refractivity contribution in [2.75, 3.05) is 19.6 Å². The Morgan fingerprint density at radius 1 is 0.973 bits per heavy atom. The number of phenolic OH excluding ortho intramolecular Hbond substituents is 1. The molecule has 1 heterocycles. The van der Waals surface area contributed by atoms with Crippen LogP contribution < -0.4 is 4.74 Å². The number of likely N-dealkylation sites (tertiary alicyclic amines) is 1. The normalized spacial score (nSPS) is 16.5. The van der Waals surface area contributed by atoms with E-state index in [9.17, 15) is 9.90 Å². The zero-order valence-electron chi connectivity index (χ0n) is 22.8. The van der Waals surface area contributed by atoms with Crippen molar-refractivity contribution in [3.63, 3.8) is 0 Å². The summed E-state index contributed by atoms with van der Waals surface area (Å²) in [6, 6.07) is 19.3. The van der Waals surface area contributed by atoms with Crippen molar-refractivity contribution in [2.24, 2.45) is 5.92 Å². The van der Waals surface area contributed by atoms with Crippen LogP contribution in [-0.2, 0) is 6.42 Å². The Morgan fingerprint density at radius 2 is 1.73 bits per heavy atom. The molecule has 37 heavy (non-hydrogen) atoms. The van der Waals surface area contributed by atoms with Crippen LogP contribution in [0.2, 0.25) is 0 Å². The van der Waals surface area contributed by atoms with Gasteiger partial charge in [-0.3, -0.25) is 4.79 Å². The molecule has 4 heteroatoms. The lowest BCUT2D eigenvalue weighted by molar-refractivity contribution is 0.103. The minimum atomic E-state index is -0.0588. The van der Waals surface area contributed by atoms with Gasteiger partial charge in [0.25, 0.3) is 0 Å². The average molecular weight is 498 g/mol. The monoisotopic (exact) mass is 497 g/mol. The Labute approximate surface area is 221 Å². The molecule has 4 rings (SSSR count). The van der Waals surface area contributed by atoms with E-state index in [1.54, 1.807) is 12.1 Å². The number of aryl methyl sites for hydroxylation is 4. The summed E-state index contributed by atoms with van der Waals surface area (Å²) in [6.45, 7) is 13.6. The fourth-order valence-corrected chi connectivity index (χ4v) is 5.10. The minimum absolute atomic E-state index is 0.0588. The van der Waals surface area contributed by atoms with Crippen molar-refractivity contribution in [1.82, 2.24) is 4.90 Å². The number of aromatic hydroxyl groups is 1. The van der Waals surface area contributed by atoms with Crippen molar-refractivity contribution in [2.45, 2.75) is 53.9 Å². The molecule has 0 bridgehead atoms. The first-order valence-corrected chi connectivity index (χ1v) is 13.3. The molecule has 194 valence electrons. The first-order chi connectivity index (χ1) is 17.7. The molecule has 0 spiro atoms. The number of ketones is 1. The van der Waals surface area contributed by atoms with Crippen LogP contribution in [0.3, 0.4) is 0 Å². The molecule has 0 aromatic heterocycles. The fourth-order valence-electron chi connectivity index (χ4n) is 5.10. The average Bonchev–Trinajstić information content (AvgIpc) is 3.29. The van der Waals surface area contributed by atoms with Crippen LogP contribution in [0.4, 0.5) is 0 Å². The molecule has 1 fully saturated rings. The first kappa shape index (κ1) is 26.7. The van der Waals surface area contributed by atoms with E-state index in [-0.39, 0.29) is 11.5 Å². The van der Waals surface area contributed by atoms with Gasteiger partial charge in [0.15, 0.2) is 5.78 Å². The van der Waals surface area contributed by atoms with Gasteiger partial charge in [-0.15, -0.1) is 0 Å². The molecule has 1 N–H and O–H groups in total. The molecule has 0 radical (unpaired) electrons. The summed E-state index contributed by atoms with van der Waals surface area (Å²) in [7, 11) is 0. The summed E-state index contributed by atoms with van der Waals surface area (Å²) in [4.78, 5) is 16.2. The number of hydrogen-bond donors (Lipinski definition) is 1. The highest BCUT2D eigenvalue weighted by molar-refractivity contribution is 6.13. The lowest BCUT2D eigenvalue weighted by Gasteiger charge is -2.17. The lowest BCUT2D eigenvalue weighted by atomic mass is 9.94. The molecular formula is C33H39NO3. The molecule has 0 saturated carbocycles. The lowest BCUT2D eigenvalue weighted by Crippen LogP contribution is -2.21. The van der Waals surface area contributed by atoms with Gasteiger partial charge in [0.1, 0.15) is 17.3 Å². The molecular weight excluding hydrogens is 458 g/mol. The fraction of sp³-hybridized carbons (Fsp3) is 0.364. The summed E-state index contributed by atoms with van der Waals surface area (Å²) in [5.74, 6) is 2.15. The second-order valence-corrected chi connectivity index (χ2v) is 10.6. The summed E-state index contributed by atoms with van der Waals surface area (Å²) in [5.41, 5.74) is 6.11. The standard InChI is InChI=1S/C33H39NO3/c1-22-8-9-24(3)31(19-22)32(36)26(5)33(30-15-12-28(35)20-25(30)4)37-29-13-10-27(11-14-29)7-6-17-34-18-16-23(2)21-34/h8-15,19-20,23,35H,6-7,16-18,21H2,1-5H3/b33-26-. The van der Waals surface area contributed by atoms with Crippen molar-refractivity contribution in [3.05, 3.63) is 99.6 Å². The predicted octanol–water partition coefficient (Wildman–Crippen LogP) is 7.28. The highest BCUT2D eigenvalue weighted by Gasteiger charge is 2.21. The van der Waals surface area contributed by atoms with E-state index in [0.717, 1.165) is 47.6 Å². The number of allylic oxidation sites excluding steroid dienone is 1. The van der Waals surface area contributed by atoms with Crippen LogP contribution in [0.1, 0.15) is 64.9 Å². The number of benzene rings is 3. The predicted molar refractivity (Wildman–Crippen MR) is 151 cm³/mol. The number of phenols is 1. The van der Waals surface area contributed by atoms with E-state index in [2.05, 4.69) is 24.0 Å². The van der Waals surface area contributed by atoms with Gasteiger partial charge < -0.3 is 14.7 Å². The Balaban J connectivity index is 1.57. The van der Waals surface area contributed by atoms with Crippen LogP contribution in [-0.4, -0.2) is 35.4 Å². The van der Waals surface area contributed by atoms with Gasteiger partial charge >= 0.3 is 0 Å². The van der Waals surface area contributed by atoms with Gasteiger partial charge in [-0.05, 0) is 119 Å². The van der Waals surface area contributed by atoms with E-state index < -0.39 is 0 Å². The summed E-state index contributed by atoms with van der Waals surface area (Å²) < 4.78 is 6.42. The van der Waals surface area contributed by atoms with E-state index in [0.29, 0.717) is 22.6 Å². The Kier molecular flexibility index (Phi) is 8.50. The Bertz CT molecular complexity index is 1290. The van der Waals surface area contributed by atoms with Gasteiger partial charge in [-0.1, -0.05) is 36.8 Å². The number of carbonyl (C=O) groups is 1. The molecule has 3 aromatic carbocycles. The van der Waals surface area contributed by atoms with Crippen LogP contribution >= 0.6 is 0 Å². The van der Waals surface area contributed by atoms with E-state index in [1.807, 2.05) is 64.1 Å². The SMILES string of the molecule is C/C(C(=O)c1cc(C)ccc1C)=C(/Oc1ccc(CCCN2CCC(C)C2)cc1)c1ccc(O)cc1C. The maximum atomic E-state index is 13.6. The first-order valence-electron chi connectivity index (χ1n) is 13.3. The van der Waals surface area contributed by atoms with E-state index >= 15 is 0 Å². The second kappa shape index (κ2) is 11.8. The van der Waals surface area contributed by atoms with Crippen LogP contribution in [0.15, 0.2) is 66.2 Å². The summed E-state index contributed by atoms with van der Waals surface area (Å²) >= 11 is 0. The van der Waals surface area contributed by atoms with Crippen molar-refractivity contribution >= 4 is 11.5 Å². The van der Waals surface area contributed by atoms with Crippen LogP contribution in [0.5, 0.6) is 11.5 Å². The van der Waals surface area contributed by atoms with Gasteiger partial charge in [0.05, 0.1) is 0 Å². The third-order valence-electron chi connectivity index (χ3n) is 7.36. The van der Waals surface area contributed by atoms with E-state index in [4.69, 9.17) is 4.74 Å². The molecule has 1 aliphatic rings. The number of rotatable bonds is 9. The molecule has 1 unspecified atom stereocenters. The van der Waals surface area contributed by atoms with E-state index in [1.165, 1.54) is 25.1 Å². The maximum absolute atomic E-state index is 13.6. The highest BCUT2D eigenvalue weighted by Crippen LogP contribution is 2.31. The van der Waals surface area contributed by atoms with Gasteiger partial charge in [0, 0.05) is 23.2 Å². The molecule has 1 saturated heterocycles. The number of carbonyl (C=O) groups excluding carboxylic acids is 1. The molecule has 1 atom stereocenters. The number of ether oxygens (including phenoxy) is 1. The Hall–Kier alpha value is -3.37. The largest absolute Gasteiger partial charge is 0.508 e. The zero-order valence-corrected chi connectivity index (χ0v) is 22.8. The van der Waals surface area contributed by atoms with Gasteiger partial charge in [-0.2, -0.15) is 0 Å². The van der Waals surface area contributed by atoms with Crippen LogP contribution in [0, 0.1) is 26.7 Å². The highest BCUT2D eigenvalue weighted by atomic mass is 16.5. The van der Waals surface area contributed by atoms with Gasteiger partial charge in [0.2, 0.25) is 0 Å². The third kappa shape index (κ3) is 6.69. The maximum Gasteiger partial charge on any atom is 0.192 e. The minimum Gasteiger partial charge on any atom is -0.508 e. The number of nitrogens with zero attached hydrogens (tertiary/aromatic N) is 1. The Morgan fingerprint density at radius 3 is 2.41 bits per heavy atom. The number of hydrogen-bond acceptors (Lipinski definition) is 4. The molecule has 4 nitrogen and oxygen atoms in total. The van der Waals surface area contributed by atoms with Crippen molar-refractivity contribution in [1.29, 1.82) is 0 Å². The second-order valence-electron chi connectivity index (χ2n) is 10.6. The molecule has 1 aliphatic heterocycles. The third-order valence-corrected chi connectivity index (χ3v) is 7.36. The molecule has 0 amide bonds. The van der Waals surface area contributed by atoms with Gasteiger partial charge in [-0.25, -0.2) is 0 Å². The summed E-state index contributed by atoms with van der Waals surface area (Å²) in [5, 5.41) is 9.96. The number of Topliss-reactive ketones (excluding diaryl/α,β-unsaturated/α-hetero) is 1. The molecule has 3 aromatic rings. The zero-order chi connectivity index (χ0) is 26.5. The summed E-state index contributed by atoms with van der Waals surface area (Å²) in [6.07, 6.45) is 3.50. The van der Waals surface area contributed by atoms with Crippen molar-refractivity contribution in [3.8, 4) is 11.5 Å². The van der Waals surface area contributed by atoms with Crippen LogP contribution in [0.25, 0.3) is 5.76 Å². The quantitative estimate of drug-likeness (QED) is 0.192. The smallest absolute Gasteiger partial charge is 0.192 e. The molecule has 0 aliphatic carbocycles. The van der Waals surface area contributed by atoms with Crippen molar-refractivity contribution < 1.29 is 14.6 Å².